The first kappa shape index (κ1) is 24.9. The number of anilines is 1. The van der Waals surface area contributed by atoms with Crippen molar-refractivity contribution in [2.75, 3.05) is 38.2 Å². The van der Waals surface area contributed by atoms with Crippen LogP contribution in [-0.2, 0) is 0 Å². The highest BCUT2D eigenvalue weighted by Crippen LogP contribution is 2.33. The van der Waals surface area contributed by atoms with Crippen LogP contribution in [0.4, 0.5) is 5.13 Å². The minimum absolute atomic E-state index is 0.0750. The third-order valence-electron chi connectivity index (χ3n) is 6.61. The summed E-state index contributed by atoms with van der Waals surface area (Å²) in [5, 5.41) is 1.52. The number of rotatable bonds is 9. The lowest BCUT2D eigenvalue weighted by Gasteiger charge is -2.25. The molecule has 0 saturated heterocycles. The molecule has 2 heterocycles. The number of hydrogen-bond acceptors (Lipinski definition) is 6. The summed E-state index contributed by atoms with van der Waals surface area (Å²) in [7, 11) is 1.65. The number of hydrogen-bond donors (Lipinski definition) is 0. The van der Waals surface area contributed by atoms with E-state index in [0.717, 1.165) is 57.8 Å². The first-order valence-electron chi connectivity index (χ1n) is 12.5. The van der Waals surface area contributed by atoms with E-state index in [1.807, 2.05) is 83.8 Å². The Bertz CT molecular complexity index is 1530. The fraction of sp³-hybridized carbons (Fsp3) is 0.233. The van der Waals surface area contributed by atoms with Gasteiger partial charge in [-0.05, 0) is 37.4 Å². The molecule has 3 aromatic carbocycles. The molecule has 7 heteroatoms. The van der Waals surface area contributed by atoms with Crippen LogP contribution < -0.4 is 9.64 Å². The summed E-state index contributed by atoms with van der Waals surface area (Å²) in [5.41, 5.74) is 4.00. The summed E-state index contributed by atoms with van der Waals surface area (Å²) in [6, 6.07) is 25.6. The number of fused-ring (bicyclic) bond motifs is 2. The van der Waals surface area contributed by atoms with Gasteiger partial charge in [0.2, 0.25) is 0 Å². The summed E-state index contributed by atoms with van der Waals surface area (Å²) >= 11 is 1.52. The highest BCUT2D eigenvalue weighted by Gasteiger charge is 2.25. The van der Waals surface area contributed by atoms with Crippen LogP contribution in [0.15, 0.2) is 78.9 Å². The number of benzene rings is 3. The molecule has 188 valence electrons. The molecule has 0 fully saturated rings. The predicted molar refractivity (Wildman–Crippen MR) is 153 cm³/mol. The minimum atomic E-state index is -0.0750. The van der Waals surface area contributed by atoms with Crippen molar-refractivity contribution in [1.29, 1.82) is 0 Å². The van der Waals surface area contributed by atoms with Crippen LogP contribution in [0.1, 0.15) is 24.2 Å². The number of ether oxygens (including phenoxy) is 1. The van der Waals surface area contributed by atoms with Crippen molar-refractivity contribution in [3.05, 3.63) is 84.4 Å². The van der Waals surface area contributed by atoms with E-state index in [9.17, 15) is 4.79 Å². The normalized spacial score (nSPS) is 11.4. The van der Waals surface area contributed by atoms with Gasteiger partial charge in [-0.3, -0.25) is 9.69 Å². The standard InChI is InChI=1S/C30H30N4O2S/c1-4-33(5-2)17-18-34(30-32-27-19-22(36-3)15-16-28(27)37-30)29(35)24-20-26(21-11-7-6-8-12-21)31-25-14-10-9-13-23(24)25/h6-16,19-20H,4-5,17-18H2,1-3H3. The first-order chi connectivity index (χ1) is 18.1. The van der Waals surface area contributed by atoms with E-state index in [-0.39, 0.29) is 5.91 Å². The van der Waals surface area contributed by atoms with Crippen LogP contribution in [0.25, 0.3) is 32.4 Å². The fourth-order valence-corrected chi connectivity index (χ4v) is 5.43. The number of carbonyl (C=O) groups excluding carboxylic acids is 1. The van der Waals surface area contributed by atoms with Crippen molar-refractivity contribution in [2.45, 2.75) is 13.8 Å². The van der Waals surface area contributed by atoms with Gasteiger partial charge >= 0.3 is 0 Å². The topological polar surface area (TPSA) is 58.6 Å². The van der Waals surface area contributed by atoms with Crippen LogP contribution in [0, 0.1) is 0 Å². The Kier molecular flexibility index (Phi) is 7.44. The molecule has 5 rings (SSSR count). The first-order valence-corrected chi connectivity index (χ1v) is 13.4. The molecule has 6 nitrogen and oxygen atoms in total. The number of carbonyl (C=O) groups is 1. The number of amides is 1. The Balaban J connectivity index is 1.62. The van der Waals surface area contributed by atoms with Gasteiger partial charge in [-0.1, -0.05) is 73.7 Å². The van der Waals surface area contributed by atoms with E-state index < -0.39 is 0 Å². The van der Waals surface area contributed by atoms with Gasteiger partial charge in [-0.2, -0.15) is 0 Å². The zero-order valence-electron chi connectivity index (χ0n) is 21.3. The lowest BCUT2D eigenvalue weighted by molar-refractivity contribution is 0.0985. The average Bonchev–Trinajstić information content (AvgIpc) is 3.38. The molecule has 0 aliphatic rings. The second-order valence-corrected chi connectivity index (χ2v) is 9.76. The molecule has 0 aliphatic carbocycles. The summed E-state index contributed by atoms with van der Waals surface area (Å²) < 4.78 is 6.41. The molecule has 0 saturated carbocycles. The fourth-order valence-electron chi connectivity index (χ4n) is 4.46. The zero-order valence-corrected chi connectivity index (χ0v) is 22.2. The maximum atomic E-state index is 14.4. The van der Waals surface area contributed by atoms with E-state index in [4.69, 9.17) is 14.7 Å². The summed E-state index contributed by atoms with van der Waals surface area (Å²) in [4.78, 5) is 28.2. The third kappa shape index (κ3) is 5.19. The predicted octanol–water partition coefficient (Wildman–Crippen LogP) is 6.51. The summed E-state index contributed by atoms with van der Waals surface area (Å²) in [5.74, 6) is 0.673. The molecular weight excluding hydrogens is 480 g/mol. The zero-order chi connectivity index (χ0) is 25.8. The van der Waals surface area contributed by atoms with Crippen molar-refractivity contribution in [2.24, 2.45) is 0 Å². The van der Waals surface area contributed by atoms with Crippen molar-refractivity contribution in [3.63, 3.8) is 0 Å². The molecule has 0 bridgehead atoms. The van der Waals surface area contributed by atoms with Crippen LogP contribution in [0.3, 0.4) is 0 Å². The minimum Gasteiger partial charge on any atom is -0.497 e. The summed E-state index contributed by atoms with van der Waals surface area (Å²) in [6.45, 7) is 7.42. The van der Waals surface area contributed by atoms with Crippen LogP contribution in [0.2, 0.25) is 0 Å². The molecule has 0 unspecified atom stereocenters. The van der Waals surface area contributed by atoms with Crippen molar-refractivity contribution < 1.29 is 9.53 Å². The Morgan fingerprint density at radius 3 is 2.38 bits per heavy atom. The Morgan fingerprint density at radius 2 is 1.62 bits per heavy atom. The number of aromatic nitrogens is 2. The number of nitrogens with zero attached hydrogens (tertiary/aromatic N) is 4. The smallest absolute Gasteiger partial charge is 0.260 e. The number of pyridine rings is 1. The van der Waals surface area contributed by atoms with Gasteiger partial charge in [0.1, 0.15) is 5.75 Å². The van der Waals surface area contributed by atoms with Crippen LogP contribution in [-0.4, -0.2) is 54.1 Å². The molecule has 0 atom stereocenters. The molecule has 0 N–H and O–H groups in total. The lowest BCUT2D eigenvalue weighted by atomic mass is 10.0. The van der Waals surface area contributed by atoms with E-state index in [1.54, 1.807) is 7.11 Å². The highest BCUT2D eigenvalue weighted by molar-refractivity contribution is 7.22. The molecule has 5 aromatic rings. The van der Waals surface area contributed by atoms with Crippen molar-refractivity contribution >= 4 is 43.5 Å². The quantitative estimate of drug-likeness (QED) is 0.226. The number of thiazole rings is 1. The molecular formula is C30H30N4O2S. The van der Waals surface area contributed by atoms with Crippen molar-refractivity contribution in [3.8, 4) is 17.0 Å². The Hall–Kier alpha value is -3.81. The number of likely N-dealkylation sites (N-methyl/N-ethyl adjacent to an activating group) is 1. The Labute approximate surface area is 221 Å². The number of para-hydroxylation sites is 1. The van der Waals surface area contributed by atoms with Crippen LogP contribution >= 0.6 is 11.3 Å². The maximum Gasteiger partial charge on any atom is 0.260 e. The maximum absolute atomic E-state index is 14.4. The van der Waals surface area contributed by atoms with E-state index in [0.29, 0.717) is 17.2 Å². The highest BCUT2D eigenvalue weighted by atomic mass is 32.1. The van der Waals surface area contributed by atoms with Gasteiger partial charge < -0.3 is 9.64 Å². The van der Waals surface area contributed by atoms with E-state index in [2.05, 4.69) is 18.7 Å². The lowest BCUT2D eigenvalue weighted by Crippen LogP contribution is -2.39. The van der Waals surface area contributed by atoms with Gasteiger partial charge in [0, 0.05) is 30.1 Å². The van der Waals surface area contributed by atoms with Crippen molar-refractivity contribution in [1.82, 2.24) is 14.9 Å². The van der Waals surface area contributed by atoms with Gasteiger partial charge in [0.15, 0.2) is 5.13 Å². The number of methoxy groups -OCH3 is 1. The monoisotopic (exact) mass is 510 g/mol. The van der Waals surface area contributed by atoms with E-state index in [1.165, 1.54) is 11.3 Å². The van der Waals surface area contributed by atoms with Gasteiger partial charge in [-0.15, -0.1) is 0 Å². The SMILES string of the molecule is CCN(CC)CCN(C(=O)c1cc(-c2ccccc2)nc2ccccc12)c1nc2cc(OC)ccc2s1. The molecule has 1 amide bonds. The van der Waals surface area contributed by atoms with Gasteiger partial charge in [0.05, 0.1) is 34.1 Å². The molecule has 2 aromatic heterocycles. The van der Waals surface area contributed by atoms with Crippen LogP contribution in [0.5, 0.6) is 5.75 Å². The largest absolute Gasteiger partial charge is 0.497 e. The average molecular weight is 511 g/mol. The third-order valence-corrected chi connectivity index (χ3v) is 7.67. The second kappa shape index (κ2) is 11.1. The molecule has 37 heavy (non-hydrogen) atoms. The second-order valence-electron chi connectivity index (χ2n) is 8.75. The Morgan fingerprint density at radius 1 is 0.865 bits per heavy atom. The van der Waals surface area contributed by atoms with Gasteiger partial charge in [-0.25, -0.2) is 9.97 Å². The van der Waals surface area contributed by atoms with Gasteiger partial charge in [0.25, 0.3) is 5.91 Å². The molecule has 0 aliphatic heterocycles. The molecule has 0 radical (unpaired) electrons. The molecule has 0 spiro atoms. The van der Waals surface area contributed by atoms with E-state index >= 15 is 0 Å². The summed E-state index contributed by atoms with van der Waals surface area (Å²) in [6.07, 6.45) is 0.